The van der Waals surface area contributed by atoms with E-state index < -0.39 is 29.5 Å². The van der Waals surface area contributed by atoms with E-state index in [1.54, 1.807) is 0 Å². The summed E-state index contributed by atoms with van der Waals surface area (Å²) < 4.78 is 87.1. The molecule has 0 unspecified atom stereocenters. The van der Waals surface area contributed by atoms with Crippen molar-refractivity contribution in [2.75, 3.05) is 0 Å². The Morgan fingerprint density at radius 3 is 1.86 bits per heavy atom. The van der Waals surface area contributed by atoms with Gasteiger partial charge in [-0.15, -0.1) is 0 Å². The van der Waals surface area contributed by atoms with Crippen LogP contribution in [-0.4, -0.2) is 23.8 Å². The minimum Gasteiger partial charge on any atom is -0.398 e. The number of benzene rings is 1. The Morgan fingerprint density at radius 1 is 0.952 bits per heavy atom. The summed E-state index contributed by atoms with van der Waals surface area (Å²) in [6.07, 6.45) is -6.71. The molecule has 2 nitrogen and oxygen atoms in total. The van der Waals surface area contributed by atoms with Crippen molar-refractivity contribution in [3.8, 4) is 0 Å². The van der Waals surface area contributed by atoms with Crippen LogP contribution in [0.25, 0.3) is 5.70 Å². The first-order valence-corrected chi connectivity index (χ1v) is 5.30. The molecular formula is C12H8F7NO. The van der Waals surface area contributed by atoms with Crippen molar-refractivity contribution in [3.05, 3.63) is 42.0 Å². The van der Waals surface area contributed by atoms with Gasteiger partial charge in [-0.3, -0.25) is 4.79 Å². The van der Waals surface area contributed by atoms with Crippen LogP contribution in [0, 0.1) is 0 Å². The molecule has 0 fully saturated rings. The Kier molecular flexibility index (Phi) is 4.35. The zero-order valence-corrected chi connectivity index (χ0v) is 10.1. The van der Waals surface area contributed by atoms with E-state index in [1.807, 2.05) is 0 Å². The number of allylic oxidation sites excluding steroid dienone is 1. The van der Waals surface area contributed by atoms with Gasteiger partial charge in [-0.25, -0.2) is 0 Å². The number of alkyl halides is 7. The number of ketones is 1. The van der Waals surface area contributed by atoms with Gasteiger partial charge in [-0.2, -0.15) is 30.7 Å². The average molecular weight is 315 g/mol. The number of rotatable bonds is 4. The molecule has 1 rings (SSSR count). The molecule has 0 saturated carbocycles. The topological polar surface area (TPSA) is 43.1 Å². The fourth-order valence-electron chi connectivity index (χ4n) is 1.28. The van der Waals surface area contributed by atoms with E-state index in [-0.39, 0.29) is 11.6 Å². The Balaban J connectivity index is 3.13. The lowest BCUT2D eigenvalue weighted by Gasteiger charge is -2.26. The predicted octanol–water partition coefficient (Wildman–Crippen LogP) is 3.39. The highest BCUT2D eigenvalue weighted by Gasteiger charge is 2.75. The van der Waals surface area contributed by atoms with Crippen molar-refractivity contribution in [2.45, 2.75) is 18.0 Å². The summed E-state index contributed by atoms with van der Waals surface area (Å²) in [6.45, 7) is 0. The second-order valence-electron chi connectivity index (χ2n) is 3.98. The number of nitrogens with two attached hydrogens (primary N) is 1. The van der Waals surface area contributed by atoms with Gasteiger partial charge in [0.25, 0.3) is 0 Å². The summed E-state index contributed by atoms with van der Waals surface area (Å²) in [4.78, 5) is 11.1. The Bertz CT molecular complexity index is 548. The molecule has 1 aromatic rings. The molecule has 9 heteroatoms. The van der Waals surface area contributed by atoms with Crippen molar-refractivity contribution < 1.29 is 35.5 Å². The Morgan fingerprint density at radius 2 is 1.43 bits per heavy atom. The van der Waals surface area contributed by atoms with Crippen molar-refractivity contribution in [3.63, 3.8) is 0 Å². The Labute approximate surface area is 114 Å². The first kappa shape index (κ1) is 17.0. The largest absolute Gasteiger partial charge is 0.460 e. The predicted molar refractivity (Wildman–Crippen MR) is 59.6 cm³/mol. The smallest absolute Gasteiger partial charge is 0.398 e. The first-order chi connectivity index (χ1) is 9.41. The van der Waals surface area contributed by atoms with Crippen molar-refractivity contribution in [2.24, 2.45) is 5.73 Å². The molecule has 0 aliphatic rings. The lowest BCUT2D eigenvalue weighted by molar-refractivity contribution is -0.342. The summed E-state index contributed by atoms with van der Waals surface area (Å²) in [6, 6.07) is 6.86. The summed E-state index contributed by atoms with van der Waals surface area (Å²) in [5.74, 6) is -15.2. The molecule has 0 aromatic heterocycles. The standard InChI is InChI=1S/C12H8F7NO/c13-10(14,11(15,16)12(17,18)19)9(21)6-8(20)7-4-2-1-3-5-7/h1-6H,20H2/b8-6-. The number of halogens is 7. The molecule has 0 saturated heterocycles. The van der Waals surface area contributed by atoms with Gasteiger partial charge >= 0.3 is 18.0 Å². The van der Waals surface area contributed by atoms with Gasteiger partial charge in [-0.05, 0) is 5.56 Å². The fourth-order valence-corrected chi connectivity index (χ4v) is 1.28. The second kappa shape index (κ2) is 5.38. The first-order valence-electron chi connectivity index (χ1n) is 5.30. The molecule has 0 heterocycles. The van der Waals surface area contributed by atoms with Crippen LogP contribution in [0.2, 0.25) is 0 Å². The lowest BCUT2D eigenvalue weighted by atomic mass is 10.0. The van der Waals surface area contributed by atoms with Gasteiger partial charge in [0.2, 0.25) is 5.78 Å². The third-order valence-corrected chi connectivity index (χ3v) is 2.45. The molecule has 116 valence electrons. The molecule has 21 heavy (non-hydrogen) atoms. The molecule has 0 bridgehead atoms. The van der Waals surface area contributed by atoms with E-state index in [9.17, 15) is 35.5 Å². The lowest BCUT2D eigenvalue weighted by Crippen LogP contribution is -2.55. The highest BCUT2D eigenvalue weighted by Crippen LogP contribution is 2.47. The second-order valence-corrected chi connectivity index (χ2v) is 3.98. The van der Waals surface area contributed by atoms with E-state index in [0.717, 1.165) is 0 Å². The van der Waals surface area contributed by atoms with Gasteiger partial charge in [0.05, 0.1) is 0 Å². The minimum atomic E-state index is -6.57. The molecular weight excluding hydrogens is 307 g/mol. The number of carbonyl (C=O) groups is 1. The summed E-state index contributed by atoms with van der Waals surface area (Å²) in [7, 11) is 0. The van der Waals surface area contributed by atoms with E-state index in [2.05, 4.69) is 0 Å². The molecule has 2 N–H and O–H groups in total. The highest BCUT2D eigenvalue weighted by atomic mass is 19.4. The van der Waals surface area contributed by atoms with Crippen LogP contribution >= 0.6 is 0 Å². The molecule has 0 aliphatic heterocycles. The maximum Gasteiger partial charge on any atom is 0.460 e. The number of hydrogen-bond acceptors (Lipinski definition) is 2. The summed E-state index contributed by atoms with van der Waals surface area (Å²) in [5.41, 5.74) is 4.60. The van der Waals surface area contributed by atoms with Gasteiger partial charge in [0.15, 0.2) is 0 Å². The van der Waals surface area contributed by atoms with Gasteiger partial charge in [-0.1, -0.05) is 30.3 Å². The number of hydrogen-bond donors (Lipinski definition) is 1. The normalized spacial score (nSPS) is 14.1. The molecule has 0 atom stereocenters. The third kappa shape index (κ3) is 3.17. The quantitative estimate of drug-likeness (QED) is 0.684. The maximum atomic E-state index is 13.0. The van der Waals surface area contributed by atoms with Gasteiger partial charge < -0.3 is 5.73 Å². The molecule has 0 spiro atoms. The molecule has 0 radical (unpaired) electrons. The van der Waals surface area contributed by atoms with Crippen LogP contribution in [0.5, 0.6) is 0 Å². The maximum absolute atomic E-state index is 13.0. The van der Waals surface area contributed by atoms with Crippen LogP contribution in [-0.2, 0) is 4.79 Å². The zero-order chi connectivity index (χ0) is 16.5. The van der Waals surface area contributed by atoms with Crippen molar-refractivity contribution >= 4 is 11.5 Å². The van der Waals surface area contributed by atoms with Crippen LogP contribution < -0.4 is 5.73 Å². The molecule has 1 aromatic carbocycles. The number of carbonyl (C=O) groups excluding carboxylic acids is 1. The van der Waals surface area contributed by atoms with Crippen molar-refractivity contribution in [1.82, 2.24) is 0 Å². The van der Waals surface area contributed by atoms with Crippen molar-refractivity contribution in [1.29, 1.82) is 0 Å². The SMILES string of the molecule is N/C(=C\C(=O)C(F)(F)C(F)(F)C(F)(F)F)c1ccccc1. The minimum absolute atomic E-state index is 0.0250. The van der Waals surface area contributed by atoms with Gasteiger partial charge in [0, 0.05) is 11.8 Å². The van der Waals surface area contributed by atoms with E-state index in [1.165, 1.54) is 30.3 Å². The Hall–Kier alpha value is -2.06. The van der Waals surface area contributed by atoms with Crippen LogP contribution in [0.1, 0.15) is 5.56 Å². The van der Waals surface area contributed by atoms with Crippen LogP contribution in [0.15, 0.2) is 36.4 Å². The summed E-state index contributed by atoms with van der Waals surface area (Å²) in [5, 5.41) is 0. The highest BCUT2D eigenvalue weighted by molar-refractivity contribution is 6.01. The van der Waals surface area contributed by atoms with Gasteiger partial charge in [0.1, 0.15) is 0 Å². The molecule has 0 amide bonds. The van der Waals surface area contributed by atoms with Crippen LogP contribution in [0.4, 0.5) is 30.7 Å². The van der Waals surface area contributed by atoms with Crippen LogP contribution in [0.3, 0.4) is 0 Å². The summed E-state index contributed by atoms with van der Waals surface area (Å²) >= 11 is 0. The zero-order valence-electron chi connectivity index (χ0n) is 10.1. The van der Waals surface area contributed by atoms with E-state index in [4.69, 9.17) is 5.73 Å². The average Bonchev–Trinajstić information content (AvgIpc) is 2.38. The third-order valence-electron chi connectivity index (χ3n) is 2.45. The molecule has 0 aliphatic carbocycles. The monoisotopic (exact) mass is 315 g/mol. The fraction of sp³-hybridized carbons (Fsp3) is 0.250. The van der Waals surface area contributed by atoms with E-state index in [0.29, 0.717) is 0 Å². The van der Waals surface area contributed by atoms with E-state index >= 15 is 0 Å².